The zero-order valence-electron chi connectivity index (χ0n) is 17.4. The van der Waals surface area contributed by atoms with E-state index in [0.717, 1.165) is 17.1 Å². The second kappa shape index (κ2) is 6.90. The van der Waals surface area contributed by atoms with Crippen molar-refractivity contribution in [2.45, 2.75) is 33.0 Å². The number of urea groups is 1. The van der Waals surface area contributed by atoms with Gasteiger partial charge in [0, 0.05) is 7.05 Å². The predicted molar refractivity (Wildman–Crippen MR) is 108 cm³/mol. The van der Waals surface area contributed by atoms with Crippen molar-refractivity contribution < 1.29 is 23.0 Å². The number of nitrogens with zero attached hydrogens (tertiary/aromatic N) is 5. The van der Waals surface area contributed by atoms with Crippen molar-refractivity contribution in [2.75, 3.05) is 7.05 Å². The van der Waals surface area contributed by atoms with Crippen LogP contribution in [0, 0.1) is 19.7 Å². The first-order valence-electron chi connectivity index (χ1n) is 9.92. The van der Waals surface area contributed by atoms with E-state index < -0.39 is 12.1 Å². The van der Waals surface area contributed by atoms with Crippen LogP contribution >= 0.6 is 0 Å². The Kier molecular flexibility index (Phi) is 4.28. The third kappa shape index (κ3) is 2.88. The van der Waals surface area contributed by atoms with Crippen LogP contribution in [0.4, 0.5) is 15.1 Å². The lowest BCUT2D eigenvalue weighted by Crippen LogP contribution is -2.57. The van der Waals surface area contributed by atoms with Crippen LogP contribution in [0.5, 0.6) is 0 Å². The van der Waals surface area contributed by atoms with Gasteiger partial charge in [0.25, 0.3) is 5.91 Å². The van der Waals surface area contributed by atoms with Gasteiger partial charge < -0.3 is 4.42 Å². The van der Waals surface area contributed by atoms with Gasteiger partial charge in [-0.3, -0.25) is 14.6 Å². The van der Waals surface area contributed by atoms with Gasteiger partial charge in [0.15, 0.2) is 0 Å². The van der Waals surface area contributed by atoms with Crippen molar-refractivity contribution in [3.8, 4) is 0 Å². The highest BCUT2D eigenvalue weighted by Gasteiger charge is 2.54. The summed E-state index contributed by atoms with van der Waals surface area (Å²) in [5.74, 6) is 1.05. The number of benzene rings is 1. The summed E-state index contributed by atoms with van der Waals surface area (Å²) in [6.45, 7) is 4.44. The molecule has 3 amide bonds. The molecule has 1 unspecified atom stereocenters. The van der Waals surface area contributed by atoms with Gasteiger partial charge >= 0.3 is 12.0 Å². The maximum atomic E-state index is 13.5. The van der Waals surface area contributed by atoms with Crippen LogP contribution in [0.1, 0.15) is 28.8 Å². The molecule has 158 valence electrons. The van der Waals surface area contributed by atoms with Crippen molar-refractivity contribution in [3.05, 3.63) is 71.2 Å². The summed E-state index contributed by atoms with van der Waals surface area (Å²) in [7, 11) is 1.61. The number of amides is 3. The Morgan fingerprint density at radius 1 is 1.16 bits per heavy atom. The number of hydrogen-bond donors (Lipinski definition) is 0. The molecule has 9 heteroatoms. The first-order valence-corrected chi connectivity index (χ1v) is 9.92. The Hall–Kier alpha value is -3.75. The van der Waals surface area contributed by atoms with Gasteiger partial charge in [0.2, 0.25) is 11.9 Å². The highest BCUT2D eigenvalue weighted by atomic mass is 19.1. The minimum atomic E-state index is -0.727. The van der Waals surface area contributed by atoms with Crippen LogP contribution < -0.4 is 4.57 Å². The number of carbonyl (C=O) groups is 2. The number of furan rings is 1. The van der Waals surface area contributed by atoms with Crippen molar-refractivity contribution in [2.24, 2.45) is 4.99 Å². The van der Waals surface area contributed by atoms with Crippen molar-refractivity contribution in [3.63, 3.8) is 0 Å². The number of likely N-dealkylation sites (N-methyl/N-ethyl adjacent to an activating group) is 1. The van der Waals surface area contributed by atoms with E-state index in [4.69, 9.17) is 4.42 Å². The van der Waals surface area contributed by atoms with Gasteiger partial charge in [-0.15, -0.1) is 0 Å². The van der Waals surface area contributed by atoms with Crippen LogP contribution in [0.2, 0.25) is 0 Å². The lowest BCUT2D eigenvalue weighted by Gasteiger charge is -2.33. The number of carbonyl (C=O) groups excluding carboxylic acids is 2. The van der Waals surface area contributed by atoms with Crippen LogP contribution in [0.15, 0.2) is 52.1 Å². The molecule has 31 heavy (non-hydrogen) atoms. The fourth-order valence-corrected chi connectivity index (χ4v) is 4.17. The van der Waals surface area contributed by atoms with E-state index in [-0.39, 0.29) is 18.3 Å². The smallest absolute Gasteiger partial charge is 0.402 e. The number of imide groups is 1. The molecule has 0 radical (unpaired) electrons. The van der Waals surface area contributed by atoms with Gasteiger partial charge in [0.1, 0.15) is 29.5 Å². The molecular weight excluding hydrogens is 401 g/mol. The second-order valence-corrected chi connectivity index (χ2v) is 7.77. The molecule has 0 N–H and O–H groups in total. The third-order valence-electron chi connectivity index (χ3n) is 5.97. The Balaban J connectivity index is 1.54. The van der Waals surface area contributed by atoms with Gasteiger partial charge in [-0.2, -0.15) is 0 Å². The topological polar surface area (TPSA) is 74.9 Å². The molecule has 1 saturated heterocycles. The average molecular weight is 422 g/mol. The Morgan fingerprint density at radius 2 is 1.90 bits per heavy atom. The number of halogens is 1. The third-order valence-corrected chi connectivity index (χ3v) is 5.97. The van der Waals surface area contributed by atoms with E-state index in [2.05, 4.69) is 4.99 Å². The number of hydrogen-bond acceptors (Lipinski definition) is 4. The molecule has 1 fully saturated rings. The molecule has 2 aromatic heterocycles. The summed E-state index contributed by atoms with van der Waals surface area (Å²) in [6, 6.07) is 8.29. The largest absolute Gasteiger partial charge is 0.466 e. The molecule has 1 atom stereocenters. The van der Waals surface area contributed by atoms with E-state index in [1.54, 1.807) is 25.4 Å². The van der Waals surface area contributed by atoms with E-state index in [1.165, 1.54) is 21.9 Å². The monoisotopic (exact) mass is 422 g/mol. The minimum Gasteiger partial charge on any atom is -0.466 e. The molecule has 1 aromatic carbocycles. The average Bonchev–Trinajstić information content (AvgIpc) is 3.46. The van der Waals surface area contributed by atoms with Gasteiger partial charge in [0.05, 0.1) is 12.8 Å². The summed E-state index contributed by atoms with van der Waals surface area (Å²) in [4.78, 5) is 33.7. The van der Waals surface area contributed by atoms with Crippen LogP contribution in [0.25, 0.3) is 0 Å². The Labute approximate surface area is 177 Å². The fraction of sp³-hybridized carbons (Fsp3) is 0.273. The zero-order valence-corrected chi connectivity index (χ0v) is 17.4. The normalized spacial score (nSPS) is 17.8. The first-order chi connectivity index (χ1) is 14.9. The molecule has 3 aromatic rings. The highest BCUT2D eigenvalue weighted by molar-refractivity contribution is 6.20. The molecule has 0 bridgehead atoms. The molecule has 0 spiro atoms. The lowest BCUT2D eigenvalue weighted by molar-refractivity contribution is -0.682. The van der Waals surface area contributed by atoms with Gasteiger partial charge in [-0.05, 0) is 43.7 Å². The molecule has 0 saturated carbocycles. The minimum absolute atomic E-state index is 0.0626. The maximum absolute atomic E-state index is 13.5. The SMILES string of the molecule is Cc1c(C)[n+](Cc2ccco2)c2n1C1C(=O)N(Cc3ccc(F)cc3)C(=O)N(C)C1=N2. The summed E-state index contributed by atoms with van der Waals surface area (Å²) in [5, 5.41) is 0. The molecule has 4 heterocycles. The van der Waals surface area contributed by atoms with Crippen molar-refractivity contribution in [1.82, 2.24) is 14.4 Å². The number of amidine groups is 1. The van der Waals surface area contributed by atoms with Crippen molar-refractivity contribution in [1.29, 1.82) is 0 Å². The number of aromatic nitrogens is 2. The molecule has 5 rings (SSSR count). The lowest BCUT2D eigenvalue weighted by atomic mass is 10.1. The fourth-order valence-electron chi connectivity index (χ4n) is 4.17. The molecule has 2 aliphatic heterocycles. The summed E-state index contributed by atoms with van der Waals surface area (Å²) >= 11 is 0. The predicted octanol–water partition coefficient (Wildman–Crippen LogP) is 2.85. The number of aliphatic imine (C=N–C) groups is 1. The van der Waals surface area contributed by atoms with E-state index in [1.807, 2.05) is 35.1 Å². The molecule has 2 aliphatic rings. The molecule has 0 aliphatic carbocycles. The number of fused-ring (bicyclic) bond motifs is 3. The quantitative estimate of drug-likeness (QED) is 0.607. The van der Waals surface area contributed by atoms with E-state index in [0.29, 0.717) is 23.9 Å². The number of imidazole rings is 1. The van der Waals surface area contributed by atoms with E-state index in [9.17, 15) is 14.0 Å². The summed E-state index contributed by atoms with van der Waals surface area (Å²) < 4.78 is 22.6. The highest BCUT2D eigenvalue weighted by Crippen LogP contribution is 2.35. The Morgan fingerprint density at radius 3 is 2.58 bits per heavy atom. The Bertz CT molecular complexity index is 1230. The molecule has 8 nitrogen and oxygen atoms in total. The van der Waals surface area contributed by atoms with Crippen LogP contribution in [-0.2, 0) is 17.9 Å². The second-order valence-electron chi connectivity index (χ2n) is 7.77. The maximum Gasteiger partial charge on any atom is 0.402 e. The first kappa shape index (κ1) is 19.2. The van der Waals surface area contributed by atoms with Crippen LogP contribution in [-0.4, -0.2) is 39.2 Å². The number of rotatable bonds is 4. The summed E-state index contributed by atoms with van der Waals surface area (Å²) in [5.41, 5.74) is 2.53. The van der Waals surface area contributed by atoms with Gasteiger partial charge in [-0.1, -0.05) is 17.1 Å². The zero-order chi connectivity index (χ0) is 21.9. The van der Waals surface area contributed by atoms with Gasteiger partial charge in [-0.25, -0.2) is 18.3 Å². The van der Waals surface area contributed by atoms with Crippen molar-refractivity contribution >= 4 is 23.7 Å². The standard InChI is InChI=1S/C22H21FN5O3/c1-13-14(2)28-18-19(24-21(28)26(13)12-17-5-4-10-31-17)25(3)22(30)27(20(18)29)11-15-6-8-16(23)9-7-15/h4-10,18H,11-12H2,1-3H3/q+1. The van der Waals surface area contributed by atoms with E-state index >= 15 is 0 Å². The van der Waals surface area contributed by atoms with Crippen LogP contribution in [0.3, 0.4) is 0 Å². The molecular formula is C22H21FN5O3+. The summed E-state index contributed by atoms with van der Waals surface area (Å²) in [6.07, 6.45) is 1.61.